The Morgan fingerprint density at radius 3 is 2.71 bits per heavy atom. The first-order valence-corrected chi connectivity index (χ1v) is 13.2. The molecule has 5 heterocycles. The summed E-state index contributed by atoms with van der Waals surface area (Å²) < 4.78 is 27.2. The van der Waals surface area contributed by atoms with Crippen molar-refractivity contribution < 1.29 is 8.42 Å². The normalized spacial score (nSPS) is 16.2. The van der Waals surface area contributed by atoms with Crippen LogP contribution in [0.3, 0.4) is 0 Å². The van der Waals surface area contributed by atoms with Crippen molar-refractivity contribution in [2.75, 3.05) is 6.26 Å². The van der Waals surface area contributed by atoms with Crippen LogP contribution in [-0.4, -0.2) is 48.7 Å². The van der Waals surface area contributed by atoms with Crippen LogP contribution in [0.1, 0.15) is 29.9 Å². The van der Waals surface area contributed by atoms with Crippen LogP contribution in [0.5, 0.6) is 0 Å². The molecule has 9 nitrogen and oxygen atoms in total. The second kappa shape index (κ2) is 7.85. The zero-order valence-electron chi connectivity index (χ0n) is 19.1. The molecule has 0 unspecified atom stereocenters. The van der Waals surface area contributed by atoms with E-state index in [0.29, 0.717) is 24.0 Å². The third-order valence-corrected chi connectivity index (χ3v) is 7.54. The minimum atomic E-state index is -3.25. The van der Waals surface area contributed by atoms with Gasteiger partial charge in [-0.25, -0.2) is 13.4 Å². The Bertz CT molecular complexity index is 1480. The molecule has 1 aliphatic carbocycles. The molecule has 0 saturated heterocycles. The van der Waals surface area contributed by atoms with E-state index in [1.807, 2.05) is 41.9 Å². The van der Waals surface area contributed by atoms with Crippen LogP contribution in [-0.2, 0) is 29.7 Å². The molecule has 10 heteroatoms. The molecule has 1 fully saturated rings. The number of hydrogen-bond acceptors (Lipinski definition) is 6. The molecule has 34 heavy (non-hydrogen) atoms. The monoisotopic (exact) mass is 475 g/mol. The SMILES string of the molecule is Cc1cccc(-c2nn(CC3CC3)cc2-c2ccnc(-c3nc4c([nH]3)CN(S(C)(=O)=O)C4)c2)n1. The molecule has 4 aromatic heterocycles. The average molecular weight is 476 g/mol. The number of nitrogens with one attached hydrogen (secondary N) is 1. The molecular formula is C24H25N7O2S. The number of aryl methyl sites for hydroxylation is 1. The van der Waals surface area contributed by atoms with E-state index in [2.05, 4.69) is 21.1 Å². The molecule has 0 spiro atoms. The van der Waals surface area contributed by atoms with E-state index >= 15 is 0 Å². The fraction of sp³-hybridized carbons (Fsp3) is 0.333. The van der Waals surface area contributed by atoms with E-state index in [1.165, 1.54) is 23.4 Å². The summed E-state index contributed by atoms with van der Waals surface area (Å²) >= 11 is 0. The standard InChI is InChI=1S/C24H25N7O2S/c1-15-4-3-5-19(26-15)23-18(12-30(29-23)11-16-6-7-16)17-8-9-25-20(10-17)24-27-21-13-31(34(2,32)33)14-22(21)28-24/h3-5,8-10,12,16H,6-7,11,13-14H2,1-2H3,(H,27,28). The summed E-state index contributed by atoms with van der Waals surface area (Å²) in [6.45, 7) is 3.48. The van der Waals surface area contributed by atoms with Crippen molar-refractivity contribution in [3.8, 4) is 34.0 Å². The van der Waals surface area contributed by atoms with E-state index < -0.39 is 10.0 Å². The highest BCUT2D eigenvalue weighted by atomic mass is 32.2. The first kappa shape index (κ1) is 21.2. The lowest BCUT2D eigenvalue weighted by atomic mass is 10.0. The van der Waals surface area contributed by atoms with Gasteiger partial charge in [-0.15, -0.1) is 0 Å². The van der Waals surface area contributed by atoms with Gasteiger partial charge < -0.3 is 4.98 Å². The second-order valence-electron chi connectivity index (χ2n) is 9.19. The van der Waals surface area contributed by atoms with Crippen LogP contribution in [0.4, 0.5) is 0 Å². The molecule has 1 saturated carbocycles. The molecule has 0 atom stereocenters. The fourth-order valence-corrected chi connectivity index (χ4v) is 5.07. The minimum absolute atomic E-state index is 0.279. The van der Waals surface area contributed by atoms with E-state index in [4.69, 9.17) is 10.1 Å². The Morgan fingerprint density at radius 2 is 1.97 bits per heavy atom. The summed E-state index contributed by atoms with van der Waals surface area (Å²) in [5, 5.41) is 4.90. The van der Waals surface area contributed by atoms with Crippen LogP contribution < -0.4 is 0 Å². The van der Waals surface area contributed by atoms with Gasteiger partial charge in [-0.05, 0) is 55.5 Å². The zero-order chi connectivity index (χ0) is 23.4. The van der Waals surface area contributed by atoms with Crippen molar-refractivity contribution >= 4 is 10.0 Å². The Labute approximate surface area is 198 Å². The molecule has 1 aliphatic heterocycles. The number of fused-ring (bicyclic) bond motifs is 1. The number of aromatic nitrogens is 6. The molecular weight excluding hydrogens is 450 g/mol. The van der Waals surface area contributed by atoms with Gasteiger partial charge in [0.05, 0.1) is 36.4 Å². The third-order valence-electron chi connectivity index (χ3n) is 6.34. The van der Waals surface area contributed by atoms with Crippen LogP contribution in [0, 0.1) is 12.8 Å². The lowest BCUT2D eigenvalue weighted by molar-refractivity contribution is 0.431. The molecule has 0 radical (unpaired) electrons. The van der Waals surface area contributed by atoms with Gasteiger partial charge in [0.2, 0.25) is 10.0 Å². The second-order valence-corrected chi connectivity index (χ2v) is 11.2. The van der Waals surface area contributed by atoms with Crippen LogP contribution in [0.25, 0.3) is 34.0 Å². The molecule has 0 amide bonds. The highest BCUT2D eigenvalue weighted by Crippen LogP contribution is 2.35. The molecule has 1 N–H and O–H groups in total. The first-order valence-electron chi connectivity index (χ1n) is 11.3. The molecule has 4 aromatic rings. The van der Waals surface area contributed by atoms with E-state index in [-0.39, 0.29) is 6.54 Å². The number of hydrogen-bond donors (Lipinski definition) is 1. The van der Waals surface area contributed by atoms with Gasteiger partial charge in [-0.2, -0.15) is 9.40 Å². The summed E-state index contributed by atoms with van der Waals surface area (Å²) in [7, 11) is -3.25. The lowest BCUT2D eigenvalue weighted by Gasteiger charge is -2.11. The maximum Gasteiger partial charge on any atom is 0.211 e. The van der Waals surface area contributed by atoms with Gasteiger partial charge in [0.15, 0.2) is 5.82 Å². The van der Waals surface area contributed by atoms with Gasteiger partial charge in [-0.1, -0.05) is 6.07 Å². The number of imidazole rings is 1. The van der Waals surface area contributed by atoms with Crippen molar-refractivity contribution in [3.63, 3.8) is 0 Å². The largest absolute Gasteiger partial charge is 0.339 e. The van der Waals surface area contributed by atoms with E-state index in [9.17, 15) is 8.42 Å². The highest BCUT2D eigenvalue weighted by Gasteiger charge is 2.29. The summed E-state index contributed by atoms with van der Waals surface area (Å²) in [4.78, 5) is 17.2. The first-order chi connectivity index (χ1) is 16.3. The number of H-pyrrole nitrogens is 1. The Balaban J connectivity index is 1.37. The van der Waals surface area contributed by atoms with Gasteiger partial charge in [0.25, 0.3) is 0 Å². The van der Waals surface area contributed by atoms with Crippen molar-refractivity contribution in [1.29, 1.82) is 0 Å². The molecule has 174 valence electrons. The van der Waals surface area contributed by atoms with Gasteiger partial charge in [0, 0.05) is 30.2 Å². The smallest absolute Gasteiger partial charge is 0.211 e. The van der Waals surface area contributed by atoms with Gasteiger partial charge >= 0.3 is 0 Å². The summed E-state index contributed by atoms with van der Waals surface area (Å²) in [5.41, 5.74) is 6.90. The molecule has 0 aromatic carbocycles. The molecule has 0 bridgehead atoms. The maximum absolute atomic E-state index is 11.9. The third kappa shape index (κ3) is 4.03. The molecule has 2 aliphatic rings. The predicted molar refractivity (Wildman–Crippen MR) is 128 cm³/mol. The maximum atomic E-state index is 11.9. The highest BCUT2D eigenvalue weighted by molar-refractivity contribution is 7.88. The van der Waals surface area contributed by atoms with Crippen molar-refractivity contribution in [2.24, 2.45) is 5.92 Å². The zero-order valence-corrected chi connectivity index (χ0v) is 19.9. The topological polar surface area (TPSA) is 110 Å². The fourth-order valence-electron chi connectivity index (χ4n) is 4.34. The number of rotatable bonds is 6. The minimum Gasteiger partial charge on any atom is -0.339 e. The molecule has 6 rings (SSSR count). The Hall–Kier alpha value is -3.37. The number of sulfonamides is 1. The van der Waals surface area contributed by atoms with Gasteiger partial charge in [0.1, 0.15) is 11.4 Å². The Morgan fingerprint density at radius 1 is 1.12 bits per heavy atom. The average Bonchev–Trinajstić information content (AvgIpc) is 3.18. The van der Waals surface area contributed by atoms with Crippen molar-refractivity contribution in [2.45, 2.75) is 39.4 Å². The van der Waals surface area contributed by atoms with Crippen LogP contribution in [0.15, 0.2) is 42.7 Å². The predicted octanol–water partition coefficient (Wildman–Crippen LogP) is 3.39. The van der Waals surface area contributed by atoms with Crippen molar-refractivity contribution in [1.82, 2.24) is 34.0 Å². The number of aromatic amines is 1. The number of pyridine rings is 2. The van der Waals surface area contributed by atoms with Crippen molar-refractivity contribution in [3.05, 3.63) is 59.8 Å². The quantitative estimate of drug-likeness (QED) is 0.458. The summed E-state index contributed by atoms with van der Waals surface area (Å²) in [6.07, 6.45) is 7.60. The summed E-state index contributed by atoms with van der Waals surface area (Å²) in [5.74, 6) is 1.34. The van der Waals surface area contributed by atoms with Crippen LogP contribution in [0.2, 0.25) is 0 Å². The van der Waals surface area contributed by atoms with E-state index in [1.54, 1.807) is 6.20 Å². The number of nitrogens with zero attached hydrogens (tertiary/aromatic N) is 6. The Kier molecular flexibility index (Phi) is 4.89. The lowest BCUT2D eigenvalue weighted by Crippen LogP contribution is -2.24. The van der Waals surface area contributed by atoms with E-state index in [0.717, 1.165) is 46.1 Å². The summed E-state index contributed by atoms with van der Waals surface area (Å²) in [6, 6.07) is 9.95. The van der Waals surface area contributed by atoms with Crippen LogP contribution >= 0.6 is 0 Å². The van der Waals surface area contributed by atoms with Gasteiger partial charge in [-0.3, -0.25) is 14.6 Å².